The van der Waals surface area contributed by atoms with E-state index < -0.39 is 0 Å². The maximum atomic E-state index is 5.92. The minimum Gasteiger partial charge on any atom is -0.488 e. The number of anilines is 1. The SMILES string of the molecule is Cc1ccc(COc2ccc(CNc3ccc(Br)cc3)cc2Br)cc1. The molecule has 0 aliphatic rings. The largest absolute Gasteiger partial charge is 0.488 e. The van der Waals surface area contributed by atoms with Crippen LogP contribution in [0.15, 0.2) is 75.7 Å². The summed E-state index contributed by atoms with van der Waals surface area (Å²) in [5.41, 5.74) is 4.71. The van der Waals surface area contributed by atoms with Gasteiger partial charge in [-0.05, 0) is 70.4 Å². The highest BCUT2D eigenvalue weighted by atomic mass is 79.9. The van der Waals surface area contributed by atoms with Crippen LogP contribution >= 0.6 is 31.9 Å². The molecule has 1 N–H and O–H groups in total. The molecule has 0 spiro atoms. The van der Waals surface area contributed by atoms with E-state index >= 15 is 0 Å². The van der Waals surface area contributed by atoms with Crippen LogP contribution in [0.5, 0.6) is 5.75 Å². The zero-order chi connectivity index (χ0) is 17.6. The first-order valence-electron chi connectivity index (χ1n) is 8.06. The van der Waals surface area contributed by atoms with Crippen LogP contribution in [0.2, 0.25) is 0 Å². The average molecular weight is 461 g/mol. The Labute approximate surface area is 165 Å². The maximum absolute atomic E-state index is 5.92. The lowest BCUT2D eigenvalue weighted by Gasteiger charge is -2.11. The van der Waals surface area contributed by atoms with Crippen molar-refractivity contribution in [1.82, 2.24) is 0 Å². The van der Waals surface area contributed by atoms with Gasteiger partial charge in [0, 0.05) is 16.7 Å². The molecule has 128 valence electrons. The molecule has 2 nitrogen and oxygen atoms in total. The first kappa shape index (κ1) is 18.0. The third kappa shape index (κ3) is 5.35. The fraction of sp³-hybridized carbons (Fsp3) is 0.143. The molecule has 0 aliphatic heterocycles. The van der Waals surface area contributed by atoms with Crippen molar-refractivity contribution >= 4 is 37.5 Å². The van der Waals surface area contributed by atoms with Crippen molar-refractivity contribution in [2.24, 2.45) is 0 Å². The Kier molecular flexibility index (Phi) is 6.16. The Balaban J connectivity index is 1.58. The first-order chi connectivity index (χ1) is 12.1. The van der Waals surface area contributed by atoms with E-state index in [9.17, 15) is 0 Å². The van der Waals surface area contributed by atoms with Gasteiger partial charge < -0.3 is 10.1 Å². The van der Waals surface area contributed by atoms with E-state index in [1.165, 1.54) is 16.7 Å². The van der Waals surface area contributed by atoms with E-state index in [0.29, 0.717) is 6.61 Å². The highest BCUT2D eigenvalue weighted by Gasteiger charge is 2.04. The molecule has 3 aromatic carbocycles. The van der Waals surface area contributed by atoms with Gasteiger partial charge in [-0.15, -0.1) is 0 Å². The van der Waals surface area contributed by atoms with Gasteiger partial charge in [-0.25, -0.2) is 0 Å². The van der Waals surface area contributed by atoms with Gasteiger partial charge >= 0.3 is 0 Å². The van der Waals surface area contributed by atoms with Crippen molar-refractivity contribution in [2.75, 3.05) is 5.32 Å². The number of benzene rings is 3. The lowest BCUT2D eigenvalue weighted by molar-refractivity contribution is 0.304. The van der Waals surface area contributed by atoms with E-state index in [2.05, 4.69) is 92.6 Å². The van der Waals surface area contributed by atoms with E-state index in [1.807, 2.05) is 18.2 Å². The number of aryl methyl sites for hydroxylation is 1. The van der Waals surface area contributed by atoms with E-state index in [1.54, 1.807) is 0 Å². The number of halogens is 2. The highest BCUT2D eigenvalue weighted by Crippen LogP contribution is 2.27. The van der Waals surface area contributed by atoms with E-state index in [4.69, 9.17) is 4.74 Å². The molecule has 0 saturated carbocycles. The molecule has 4 heteroatoms. The fourth-order valence-corrected chi connectivity index (χ4v) is 3.19. The molecule has 0 aliphatic carbocycles. The topological polar surface area (TPSA) is 21.3 Å². The fourth-order valence-electron chi connectivity index (χ4n) is 2.39. The molecule has 25 heavy (non-hydrogen) atoms. The number of hydrogen-bond donors (Lipinski definition) is 1. The van der Waals surface area contributed by atoms with Gasteiger partial charge in [0.15, 0.2) is 0 Å². The summed E-state index contributed by atoms with van der Waals surface area (Å²) in [4.78, 5) is 0. The number of hydrogen-bond acceptors (Lipinski definition) is 2. The Morgan fingerprint density at radius 2 is 1.52 bits per heavy atom. The Morgan fingerprint density at radius 1 is 0.840 bits per heavy atom. The van der Waals surface area contributed by atoms with Gasteiger partial charge in [0.25, 0.3) is 0 Å². The van der Waals surface area contributed by atoms with Gasteiger partial charge in [-0.1, -0.05) is 51.8 Å². The van der Waals surface area contributed by atoms with Crippen LogP contribution in [-0.2, 0) is 13.2 Å². The predicted octanol–water partition coefficient (Wildman–Crippen LogP) is 6.71. The summed E-state index contributed by atoms with van der Waals surface area (Å²) in [7, 11) is 0. The molecule has 0 amide bonds. The molecular formula is C21H19Br2NO. The van der Waals surface area contributed by atoms with Gasteiger partial charge in [0.1, 0.15) is 12.4 Å². The summed E-state index contributed by atoms with van der Waals surface area (Å²) >= 11 is 7.06. The minimum absolute atomic E-state index is 0.565. The van der Waals surface area contributed by atoms with Crippen molar-refractivity contribution in [1.29, 1.82) is 0 Å². The van der Waals surface area contributed by atoms with Crippen LogP contribution in [0.1, 0.15) is 16.7 Å². The zero-order valence-corrected chi connectivity index (χ0v) is 17.1. The van der Waals surface area contributed by atoms with Crippen LogP contribution in [0.4, 0.5) is 5.69 Å². The van der Waals surface area contributed by atoms with Crippen molar-refractivity contribution in [2.45, 2.75) is 20.1 Å². The molecule has 0 fully saturated rings. The Morgan fingerprint density at radius 3 is 2.20 bits per heavy atom. The molecule has 0 saturated heterocycles. The highest BCUT2D eigenvalue weighted by molar-refractivity contribution is 9.10. The Bertz CT molecular complexity index is 830. The third-order valence-corrected chi connectivity index (χ3v) is 5.00. The molecule has 0 atom stereocenters. The van der Waals surface area contributed by atoms with E-state index in [-0.39, 0.29) is 0 Å². The number of ether oxygens (including phenoxy) is 1. The molecule has 0 bridgehead atoms. The van der Waals surface area contributed by atoms with Crippen molar-refractivity contribution < 1.29 is 4.74 Å². The molecule has 3 rings (SSSR count). The standard InChI is InChI=1S/C21H19Br2NO/c1-15-2-4-16(5-3-15)14-25-21-11-6-17(12-20(21)23)13-24-19-9-7-18(22)8-10-19/h2-12,24H,13-14H2,1H3. The summed E-state index contributed by atoms with van der Waals surface area (Å²) < 4.78 is 7.97. The first-order valence-corrected chi connectivity index (χ1v) is 9.65. The second kappa shape index (κ2) is 8.54. The Hall–Kier alpha value is -1.78. The summed E-state index contributed by atoms with van der Waals surface area (Å²) in [5, 5.41) is 3.42. The van der Waals surface area contributed by atoms with Crippen LogP contribution in [0.25, 0.3) is 0 Å². The summed E-state index contributed by atoms with van der Waals surface area (Å²) in [5.74, 6) is 0.855. The predicted molar refractivity (Wildman–Crippen MR) is 111 cm³/mol. The minimum atomic E-state index is 0.565. The lowest BCUT2D eigenvalue weighted by atomic mass is 10.2. The average Bonchev–Trinajstić information content (AvgIpc) is 2.62. The van der Waals surface area contributed by atoms with Crippen molar-refractivity contribution in [3.05, 3.63) is 92.4 Å². The summed E-state index contributed by atoms with van der Waals surface area (Å²) in [6.07, 6.45) is 0. The van der Waals surface area contributed by atoms with Crippen LogP contribution in [0.3, 0.4) is 0 Å². The molecule has 0 aromatic heterocycles. The number of rotatable bonds is 6. The zero-order valence-electron chi connectivity index (χ0n) is 13.9. The molecule has 0 radical (unpaired) electrons. The summed E-state index contributed by atoms with van der Waals surface area (Å²) in [6.45, 7) is 3.41. The molecule has 3 aromatic rings. The lowest BCUT2D eigenvalue weighted by Crippen LogP contribution is -2.00. The van der Waals surface area contributed by atoms with E-state index in [0.717, 1.165) is 26.9 Å². The van der Waals surface area contributed by atoms with Crippen molar-refractivity contribution in [3.63, 3.8) is 0 Å². The quantitative estimate of drug-likeness (QED) is 0.441. The molecule has 0 heterocycles. The second-order valence-corrected chi connectivity index (χ2v) is 7.67. The van der Waals surface area contributed by atoms with Crippen LogP contribution < -0.4 is 10.1 Å². The van der Waals surface area contributed by atoms with Gasteiger partial charge in [-0.2, -0.15) is 0 Å². The monoisotopic (exact) mass is 459 g/mol. The van der Waals surface area contributed by atoms with Gasteiger partial charge in [0.2, 0.25) is 0 Å². The molecule has 0 unspecified atom stereocenters. The maximum Gasteiger partial charge on any atom is 0.134 e. The van der Waals surface area contributed by atoms with Crippen LogP contribution in [-0.4, -0.2) is 0 Å². The normalized spacial score (nSPS) is 10.5. The third-order valence-electron chi connectivity index (χ3n) is 3.85. The van der Waals surface area contributed by atoms with Gasteiger partial charge in [-0.3, -0.25) is 0 Å². The van der Waals surface area contributed by atoms with Gasteiger partial charge in [0.05, 0.1) is 4.47 Å². The molecular weight excluding hydrogens is 442 g/mol. The summed E-state index contributed by atoms with van der Waals surface area (Å²) in [6, 6.07) is 22.7. The smallest absolute Gasteiger partial charge is 0.134 e. The van der Waals surface area contributed by atoms with Crippen LogP contribution in [0, 0.1) is 6.92 Å². The second-order valence-electron chi connectivity index (χ2n) is 5.90. The van der Waals surface area contributed by atoms with Crippen molar-refractivity contribution in [3.8, 4) is 5.75 Å². The number of nitrogens with one attached hydrogen (secondary N) is 1.